The Morgan fingerprint density at radius 3 is 2.41 bits per heavy atom. The first-order valence-electron chi connectivity index (χ1n) is 8.89. The maximum absolute atomic E-state index is 12.3. The molecule has 2 aromatic heterocycles. The fraction of sp³-hybridized carbons (Fsp3) is 0.174. The Morgan fingerprint density at radius 1 is 1.07 bits per heavy atom. The second kappa shape index (κ2) is 10.8. The monoisotopic (exact) mass is 410 g/mol. The predicted molar refractivity (Wildman–Crippen MR) is 109 cm³/mol. The standard InChI is InChI=1S/C16H11N2O.C7H10NO.K/c19-16(18-12-6-2-1-3-7-12)14-10-11-17-15-9-5-4-8-13(14)15;1-7(2,3)6-4-5-8-9-6;/h2-11H,(H,18,19);4H,1-3H3;/q2*-1;+1. The average molecular weight is 411 g/mol. The summed E-state index contributed by atoms with van der Waals surface area (Å²) in [6.07, 6.45) is 4.27. The molecule has 0 aliphatic rings. The molecule has 0 aliphatic carbocycles. The van der Waals surface area contributed by atoms with Crippen LogP contribution in [0.15, 0.2) is 71.4 Å². The summed E-state index contributed by atoms with van der Waals surface area (Å²) in [4.78, 5) is 16.5. The van der Waals surface area contributed by atoms with E-state index in [-0.39, 0.29) is 62.7 Å². The van der Waals surface area contributed by atoms with Gasteiger partial charge in [0, 0.05) is 11.6 Å². The second-order valence-electron chi connectivity index (χ2n) is 7.19. The van der Waals surface area contributed by atoms with Crippen molar-refractivity contribution in [2.24, 2.45) is 0 Å². The molecule has 0 spiro atoms. The van der Waals surface area contributed by atoms with E-state index in [1.165, 1.54) is 0 Å². The minimum absolute atomic E-state index is 0. The molecule has 1 N–H and O–H groups in total. The molecule has 0 atom stereocenters. The first kappa shape index (κ1) is 23.4. The number of pyridine rings is 1. The molecule has 0 aliphatic heterocycles. The van der Waals surface area contributed by atoms with Crippen LogP contribution in [0.5, 0.6) is 0 Å². The van der Waals surface area contributed by atoms with Crippen molar-refractivity contribution in [1.82, 2.24) is 10.1 Å². The molecule has 0 saturated carbocycles. The van der Waals surface area contributed by atoms with Gasteiger partial charge in [-0.2, -0.15) is 24.3 Å². The third-order valence-electron chi connectivity index (χ3n) is 4.00. The number of carbonyl (C=O) groups excluding carboxylic acids is 1. The molecular weight excluding hydrogens is 389 g/mol. The number of hydrogen-bond donors (Lipinski definition) is 1. The van der Waals surface area contributed by atoms with E-state index in [9.17, 15) is 4.79 Å². The fourth-order valence-electron chi connectivity index (χ4n) is 2.50. The predicted octanol–water partition coefficient (Wildman–Crippen LogP) is 2.06. The van der Waals surface area contributed by atoms with Gasteiger partial charge in [0.05, 0.1) is 11.1 Å². The number of hydrogen-bond acceptors (Lipinski definition) is 4. The van der Waals surface area contributed by atoms with Crippen molar-refractivity contribution in [2.45, 2.75) is 26.2 Å². The van der Waals surface area contributed by atoms with Gasteiger partial charge in [0.15, 0.2) is 0 Å². The molecule has 1 amide bonds. The molecule has 0 unspecified atom stereocenters. The summed E-state index contributed by atoms with van der Waals surface area (Å²) in [5.41, 5.74) is 2.26. The van der Waals surface area contributed by atoms with E-state index in [1.807, 2.05) is 24.3 Å². The van der Waals surface area contributed by atoms with E-state index in [2.05, 4.69) is 48.5 Å². The minimum Gasteiger partial charge on any atom is -0.470 e. The van der Waals surface area contributed by atoms with Crippen LogP contribution < -0.4 is 56.7 Å². The number of benzene rings is 2. The molecule has 0 radical (unpaired) electrons. The van der Waals surface area contributed by atoms with Crippen molar-refractivity contribution in [2.75, 3.05) is 5.32 Å². The molecule has 0 fully saturated rings. The van der Waals surface area contributed by atoms with Gasteiger partial charge in [-0.1, -0.05) is 44.7 Å². The summed E-state index contributed by atoms with van der Waals surface area (Å²) in [5.74, 6) is 0.743. The van der Waals surface area contributed by atoms with Crippen molar-refractivity contribution in [3.63, 3.8) is 0 Å². The normalized spacial score (nSPS) is 10.4. The zero-order chi connectivity index (χ0) is 20.0. The van der Waals surface area contributed by atoms with Crippen LogP contribution in [0.4, 0.5) is 5.69 Å². The van der Waals surface area contributed by atoms with Crippen molar-refractivity contribution in [3.8, 4) is 0 Å². The number of para-hydroxylation sites is 1. The Bertz CT molecular complexity index is 1040. The maximum atomic E-state index is 12.3. The number of aromatic nitrogens is 2. The Morgan fingerprint density at radius 2 is 1.79 bits per heavy atom. The molecule has 0 saturated heterocycles. The molecule has 0 bridgehead atoms. The van der Waals surface area contributed by atoms with Gasteiger partial charge in [-0.05, 0) is 23.3 Å². The smallest absolute Gasteiger partial charge is 0.470 e. The van der Waals surface area contributed by atoms with Gasteiger partial charge in [0.1, 0.15) is 0 Å². The summed E-state index contributed by atoms with van der Waals surface area (Å²) in [6.45, 7) is 6.21. The molecule has 29 heavy (non-hydrogen) atoms. The topological polar surface area (TPSA) is 68.0 Å². The Kier molecular flexibility index (Phi) is 8.73. The molecule has 4 rings (SSSR count). The molecule has 142 valence electrons. The summed E-state index contributed by atoms with van der Waals surface area (Å²) in [7, 11) is 0. The van der Waals surface area contributed by atoms with Gasteiger partial charge in [-0.3, -0.25) is 9.78 Å². The largest absolute Gasteiger partial charge is 1.00 e. The molecular formula is C23H21KN3O2-. The van der Waals surface area contributed by atoms with E-state index in [1.54, 1.807) is 42.6 Å². The van der Waals surface area contributed by atoms with E-state index in [4.69, 9.17) is 4.52 Å². The number of nitrogens with zero attached hydrogens (tertiary/aromatic N) is 2. The van der Waals surface area contributed by atoms with Crippen molar-refractivity contribution in [1.29, 1.82) is 0 Å². The van der Waals surface area contributed by atoms with Crippen LogP contribution in [0.1, 0.15) is 36.9 Å². The van der Waals surface area contributed by atoms with Crippen LogP contribution in [-0.4, -0.2) is 16.0 Å². The van der Waals surface area contributed by atoms with Gasteiger partial charge in [0.2, 0.25) is 0 Å². The Hall–Kier alpha value is -1.83. The summed E-state index contributed by atoms with van der Waals surface area (Å²) in [5, 5.41) is 7.20. The zero-order valence-electron chi connectivity index (χ0n) is 17.1. The van der Waals surface area contributed by atoms with Crippen LogP contribution in [0.2, 0.25) is 0 Å². The van der Waals surface area contributed by atoms with Gasteiger partial charge in [0.25, 0.3) is 5.91 Å². The zero-order valence-corrected chi connectivity index (χ0v) is 20.2. The molecule has 2 heterocycles. The number of anilines is 1. The van der Waals surface area contributed by atoms with Crippen molar-refractivity contribution < 1.29 is 60.7 Å². The number of amides is 1. The third-order valence-corrected chi connectivity index (χ3v) is 4.00. The number of fused-ring (bicyclic) bond motifs is 1. The maximum Gasteiger partial charge on any atom is 1.00 e. The SMILES string of the molecule is CC(C)(C)c1c[c-]no1.O=C(Nc1cc[c-]cc1)c1ccnc2ccccc12.[K+]. The van der Waals surface area contributed by atoms with E-state index >= 15 is 0 Å². The number of rotatable bonds is 2. The van der Waals surface area contributed by atoms with Crippen molar-refractivity contribution >= 4 is 22.5 Å². The van der Waals surface area contributed by atoms with Gasteiger partial charge >= 0.3 is 51.4 Å². The first-order valence-corrected chi connectivity index (χ1v) is 8.89. The Balaban J connectivity index is 0.000000255. The molecule has 2 aromatic carbocycles. The minimum atomic E-state index is -0.134. The van der Waals surface area contributed by atoms with Gasteiger partial charge in [-0.15, -0.1) is 18.3 Å². The number of carbonyl (C=O) groups is 1. The van der Waals surface area contributed by atoms with Crippen LogP contribution >= 0.6 is 0 Å². The molecule has 6 heteroatoms. The van der Waals surface area contributed by atoms with Crippen molar-refractivity contribution in [3.05, 3.63) is 90.4 Å². The first-order chi connectivity index (χ1) is 13.4. The van der Waals surface area contributed by atoms with Gasteiger partial charge < -0.3 is 9.84 Å². The van der Waals surface area contributed by atoms with E-state index in [0.29, 0.717) is 5.56 Å². The third kappa shape index (κ3) is 6.59. The molecule has 4 aromatic rings. The summed E-state index contributed by atoms with van der Waals surface area (Å²) >= 11 is 0. The summed E-state index contributed by atoms with van der Waals surface area (Å²) < 4.78 is 4.89. The average Bonchev–Trinajstić information content (AvgIpc) is 3.24. The molecule has 5 nitrogen and oxygen atoms in total. The van der Waals surface area contributed by atoms with Gasteiger partial charge in [-0.25, -0.2) is 5.16 Å². The van der Waals surface area contributed by atoms with Crippen LogP contribution in [0, 0.1) is 12.3 Å². The fourth-order valence-corrected chi connectivity index (χ4v) is 2.50. The summed E-state index contributed by atoms with van der Waals surface area (Å²) in [6, 6.07) is 21.1. The van der Waals surface area contributed by atoms with Crippen LogP contribution in [0.3, 0.4) is 0 Å². The van der Waals surface area contributed by atoms with Crippen LogP contribution in [-0.2, 0) is 5.41 Å². The number of nitrogens with one attached hydrogen (secondary N) is 1. The Labute approximate surface area is 213 Å². The quantitative estimate of drug-likeness (QED) is 0.406. The van der Waals surface area contributed by atoms with E-state index in [0.717, 1.165) is 22.4 Å². The second-order valence-corrected chi connectivity index (χ2v) is 7.19. The van der Waals surface area contributed by atoms with E-state index < -0.39 is 0 Å². The van der Waals surface area contributed by atoms with Crippen LogP contribution in [0.25, 0.3) is 10.9 Å².